The molecule has 0 aromatic carbocycles. The molecule has 0 amide bonds. The van der Waals surface area contributed by atoms with Crippen LogP contribution in [0.15, 0.2) is 0 Å². The fourth-order valence-corrected chi connectivity index (χ4v) is 2.38. The summed E-state index contributed by atoms with van der Waals surface area (Å²) in [5.74, 6) is 1.06. The Balaban J connectivity index is 1.64. The van der Waals surface area contributed by atoms with Gasteiger partial charge < -0.3 is 10.0 Å². The number of β-amino-alcohol motifs (C(OH)–C–C–N with tert-alkyl or cyclic N) is 1. The second-order valence-electron chi connectivity index (χ2n) is 4.99. The van der Waals surface area contributed by atoms with Gasteiger partial charge >= 0.3 is 0 Å². The molecule has 2 fully saturated rings. The number of aliphatic hydroxyl groups is 1. The van der Waals surface area contributed by atoms with E-state index in [2.05, 4.69) is 9.80 Å². The topological polar surface area (TPSA) is 26.7 Å². The highest BCUT2D eigenvalue weighted by Crippen LogP contribution is 2.32. The fraction of sp³-hybridized carbons (Fsp3) is 1.00. The molecule has 0 radical (unpaired) electrons. The maximum atomic E-state index is 8.91. The summed E-state index contributed by atoms with van der Waals surface area (Å²) in [5.41, 5.74) is 0. The molecule has 1 heterocycles. The Hall–Kier alpha value is -0.120. The van der Waals surface area contributed by atoms with Gasteiger partial charge in [-0.05, 0) is 38.4 Å². The zero-order chi connectivity index (χ0) is 10.5. The lowest BCUT2D eigenvalue weighted by Crippen LogP contribution is -2.33. The Kier molecular flexibility index (Phi) is 4.42. The van der Waals surface area contributed by atoms with Crippen molar-refractivity contribution in [3.8, 4) is 0 Å². The molecule has 0 bridgehead atoms. The SMILES string of the molecule is OCCN1CCCN(CCC2CC2)CC1. The predicted octanol–water partition coefficient (Wildman–Crippen LogP) is 0.786. The molecule has 1 aliphatic heterocycles. The quantitative estimate of drug-likeness (QED) is 0.730. The van der Waals surface area contributed by atoms with Crippen molar-refractivity contribution < 1.29 is 5.11 Å². The molecule has 3 nitrogen and oxygen atoms in total. The van der Waals surface area contributed by atoms with E-state index in [0.29, 0.717) is 6.61 Å². The third-order valence-electron chi connectivity index (χ3n) is 3.65. The van der Waals surface area contributed by atoms with Crippen molar-refractivity contribution in [1.29, 1.82) is 0 Å². The second kappa shape index (κ2) is 5.83. The van der Waals surface area contributed by atoms with E-state index in [9.17, 15) is 0 Å². The lowest BCUT2D eigenvalue weighted by molar-refractivity contribution is 0.196. The second-order valence-corrected chi connectivity index (χ2v) is 4.99. The van der Waals surface area contributed by atoms with Crippen LogP contribution in [-0.2, 0) is 0 Å². The Morgan fingerprint density at radius 1 is 0.933 bits per heavy atom. The van der Waals surface area contributed by atoms with Gasteiger partial charge in [0.25, 0.3) is 0 Å². The normalized spacial score (nSPS) is 25.4. The lowest BCUT2D eigenvalue weighted by Gasteiger charge is -2.21. The first-order valence-corrected chi connectivity index (χ1v) is 6.44. The zero-order valence-electron chi connectivity index (χ0n) is 9.70. The molecule has 2 aliphatic rings. The predicted molar refractivity (Wildman–Crippen MR) is 61.9 cm³/mol. The van der Waals surface area contributed by atoms with Crippen molar-refractivity contribution >= 4 is 0 Å². The standard InChI is InChI=1S/C12H24N2O/c15-11-10-14-6-1-5-13(8-9-14)7-4-12-2-3-12/h12,15H,1-11H2. The van der Waals surface area contributed by atoms with E-state index >= 15 is 0 Å². The Bertz CT molecular complexity index is 182. The summed E-state index contributed by atoms with van der Waals surface area (Å²) in [7, 11) is 0. The summed E-state index contributed by atoms with van der Waals surface area (Å²) in [6, 6.07) is 0. The highest BCUT2D eigenvalue weighted by molar-refractivity contribution is 4.76. The Labute approximate surface area is 93.1 Å². The number of hydrogen-bond donors (Lipinski definition) is 1. The third kappa shape index (κ3) is 4.09. The van der Waals surface area contributed by atoms with Crippen molar-refractivity contribution in [2.24, 2.45) is 5.92 Å². The minimum atomic E-state index is 0.308. The molecule has 0 unspecified atom stereocenters. The number of nitrogens with zero attached hydrogens (tertiary/aromatic N) is 2. The van der Waals surface area contributed by atoms with E-state index in [0.717, 1.165) is 19.0 Å². The van der Waals surface area contributed by atoms with Gasteiger partial charge in [0.15, 0.2) is 0 Å². The van der Waals surface area contributed by atoms with Gasteiger partial charge in [0.1, 0.15) is 0 Å². The van der Waals surface area contributed by atoms with Crippen LogP contribution in [0.25, 0.3) is 0 Å². The van der Waals surface area contributed by atoms with E-state index in [1.165, 1.54) is 51.9 Å². The smallest absolute Gasteiger partial charge is 0.0558 e. The monoisotopic (exact) mass is 212 g/mol. The van der Waals surface area contributed by atoms with E-state index in [-0.39, 0.29) is 0 Å². The molecule has 15 heavy (non-hydrogen) atoms. The molecule has 1 N–H and O–H groups in total. The highest BCUT2D eigenvalue weighted by atomic mass is 16.3. The van der Waals surface area contributed by atoms with Crippen molar-refractivity contribution in [2.75, 3.05) is 45.9 Å². The molecule has 0 spiro atoms. The molecular formula is C12H24N2O. The molecule has 3 heteroatoms. The molecular weight excluding hydrogens is 188 g/mol. The largest absolute Gasteiger partial charge is 0.395 e. The molecule has 0 aromatic rings. The first-order valence-electron chi connectivity index (χ1n) is 6.44. The van der Waals surface area contributed by atoms with Gasteiger partial charge in [0, 0.05) is 19.6 Å². The van der Waals surface area contributed by atoms with Gasteiger partial charge in [0.05, 0.1) is 6.61 Å². The molecule has 0 aromatic heterocycles. The van der Waals surface area contributed by atoms with Crippen LogP contribution < -0.4 is 0 Å². The number of hydrogen-bond acceptors (Lipinski definition) is 3. The van der Waals surface area contributed by atoms with Crippen LogP contribution in [0, 0.1) is 5.92 Å². The van der Waals surface area contributed by atoms with Crippen LogP contribution in [0.2, 0.25) is 0 Å². The molecule has 88 valence electrons. The molecule has 2 rings (SSSR count). The first-order chi connectivity index (χ1) is 7.38. The fourth-order valence-electron chi connectivity index (χ4n) is 2.38. The molecule has 1 aliphatic carbocycles. The van der Waals surface area contributed by atoms with Crippen LogP contribution in [0.5, 0.6) is 0 Å². The summed E-state index contributed by atoms with van der Waals surface area (Å²) in [6.45, 7) is 7.24. The van der Waals surface area contributed by atoms with Crippen LogP contribution in [0.1, 0.15) is 25.7 Å². The van der Waals surface area contributed by atoms with Gasteiger partial charge in [-0.3, -0.25) is 4.90 Å². The summed E-state index contributed by atoms with van der Waals surface area (Å²) < 4.78 is 0. The van der Waals surface area contributed by atoms with Crippen LogP contribution in [-0.4, -0.2) is 60.8 Å². The lowest BCUT2D eigenvalue weighted by atomic mass is 10.2. The minimum absolute atomic E-state index is 0.308. The van der Waals surface area contributed by atoms with Crippen LogP contribution >= 0.6 is 0 Å². The first kappa shape index (κ1) is 11.4. The van der Waals surface area contributed by atoms with Gasteiger partial charge in [-0.25, -0.2) is 0 Å². The van der Waals surface area contributed by atoms with Crippen molar-refractivity contribution in [3.63, 3.8) is 0 Å². The van der Waals surface area contributed by atoms with E-state index < -0.39 is 0 Å². The summed E-state index contributed by atoms with van der Waals surface area (Å²) in [5, 5.41) is 8.91. The average Bonchev–Trinajstić information content (AvgIpc) is 3.02. The Morgan fingerprint density at radius 3 is 2.20 bits per heavy atom. The molecule has 1 saturated heterocycles. The third-order valence-corrected chi connectivity index (χ3v) is 3.65. The van der Waals surface area contributed by atoms with Gasteiger partial charge in [-0.15, -0.1) is 0 Å². The summed E-state index contributed by atoms with van der Waals surface area (Å²) in [6.07, 6.45) is 5.64. The summed E-state index contributed by atoms with van der Waals surface area (Å²) >= 11 is 0. The number of rotatable bonds is 5. The van der Waals surface area contributed by atoms with Gasteiger partial charge in [0.2, 0.25) is 0 Å². The van der Waals surface area contributed by atoms with Gasteiger partial charge in [-0.2, -0.15) is 0 Å². The van der Waals surface area contributed by atoms with E-state index in [1.54, 1.807) is 0 Å². The zero-order valence-corrected chi connectivity index (χ0v) is 9.70. The van der Waals surface area contributed by atoms with Crippen LogP contribution in [0.3, 0.4) is 0 Å². The molecule has 1 saturated carbocycles. The van der Waals surface area contributed by atoms with E-state index in [4.69, 9.17) is 5.11 Å². The maximum Gasteiger partial charge on any atom is 0.0558 e. The van der Waals surface area contributed by atoms with Crippen LogP contribution in [0.4, 0.5) is 0 Å². The maximum absolute atomic E-state index is 8.91. The average molecular weight is 212 g/mol. The number of aliphatic hydroxyl groups excluding tert-OH is 1. The Morgan fingerprint density at radius 2 is 1.60 bits per heavy atom. The van der Waals surface area contributed by atoms with Crippen molar-refractivity contribution in [3.05, 3.63) is 0 Å². The van der Waals surface area contributed by atoms with Crippen molar-refractivity contribution in [2.45, 2.75) is 25.7 Å². The van der Waals surface area contributed by atoms with E-state index in [1.807, 2.05) is 0 Å². The molecule has 0 atom stereocenters. The van der Waals surface area contributed by atoms with Crippen molar-refractivity contribution in [1.82, 2.24) is 9.80 Å². The minimum Gasteiger partial charge on any atom is -0.395 e. The highest BCUT2D eigenvalue weighted by Gasteiger charge is 2.22. The van der Waals surface area contributed by atoms with Gasteiger partial charge in [-0.1, -0.05) is 12.8 Å². The summed E-state index contributed by atoms with van der Waals surface area (Å²) in [4.78, 5) is 4.99.